The van der Waals surface area contributed by atoms with Gasteiger partial charge >= 0.3 is 0 Å². The van der Waals surface area contributed by atoms with E-state index in [1.165, 1.54) is 0 Å². The summed E-state index contributed by atoms with van der Waals surface area (Å²) >= 11 is 3.40. The third-order valence-electron chi connectivity index (χ3n) is 2.15. The van der Waals surface area contributed by atoms with Gasteiger partial charge in [-0.1, -0.05) is 22.9 Å². The molecule has 0 amide bonds. The van der Waals surface area contributed by atoms with Gasteiger partial charge in [0.25, 0.3) is 0 Å². The summed E-state index contributed by atoms with van der Waals surface area (Å²) in [7, 11) is 1.71. The molecule has 3 nitrogen and oxygen atoms in total. The van der Waals surface area contributed by atoms with Gasteiger partial charge in [-0.25, -0.2) is 8.42 Å². The van der Waals surface area contributed by atoms with E-state index in [9.17, 15) is 8.42 Å². The minimum atomic E-state index is -3.46. The van der Waals surface area contributed by atoms with Crippen molar-refractivity contribution in [1.82, 2.24) is 0 Å². The maximum atomic E-state index is 10.9. The quantitative estimate of drug-likeness (QED) is 0.772. The fraction of sp³-hybridized carbons (Fsp3) is 0.455. The van der Waals surface area contributed by atoms with E-state index in [0.717, 1.165) is 15.8 Å². The fourth-order valence-electron chi connectivity index (χ4n) is 1.33. The lowest BCUT2D eigenvalue weighted by molar-refractivity contribution is 0.272. The number of rotatable bonds is 5. The second kappa shape index (κ2) is 6.07. The van der Waals surface area contributed by atoms with Crippen LogP contribution in [-0.4, -0.2) is 20.8 Å². The molecule has 0 aliphatic heterocycles. The molecule has 1 atom stereocenters. The Morgan fingerprint density at radius 2 is 2.12 bits per heavy atom. The van der Waals surface area contributed by atoms with Gasteiger partial charge in [-0.3, -0.25) is 0 Å². The molecule has 0 aliphatic rings. The smallest absolute Gasteiger partial charge is 0.232 e. The van der Waals surface area contributed by atoms with Crippen molar-refractivity contribution in [3.63, 3.8) is 0 Å². The minimum absolute atomic E-state index is 0.0793. The number of hydrogen-bond acceptors (Lipinski definition) is 3. The van der Waals surface area contributed by atoms with Crippen molar-refractivity contribution < 1.29 is 13.2 Å². The molecule has 0 N–H and O–H groups in total. The first-order valence-corrected chi connectivity index (χ1v) is 8.36. The third kappa shape index (κ3) is 5.75. The molecular formula is C11H14BrClO3S. The van der Waals surface area contributed by atoms with E-state index in [2.05, 4.69) is 15.9 Å². The lowest BCUT2D eigenvalue weighted by Gasteiger charge is -2.12. The molecule has 0 spiro atoms. The molecule has 96 valence electrons. The van der Waals surface area contributed by atoms with Crippen molar-refractivity contribution in [2.45, 2.75) is 13.8 Å². The van der Waals surface area contributed by atoms with E-state index in [1.54, 1.807) is 6.92 Å². The van der Waals surface area contributed by atoms with Crippen molar-refractivity contribution in [2.75, 3.05) is 12.4 Å². The van der Waals surface area contributed by atoms with Gasteiger partial charge in [0, 0.05) is 21.1 Å². The molecule has 0 saturated heterocycles. The molecule has 1 aromatic carbocycles. The molecule has 0 heterocycles. The second-order valence-electron chi connectivity index (χ2n) is 4.03. The number of benzene rings is 1. The SMILES string of the molecule is Cc1cc(OCC(C)CS(=O)(=O)Cl)ccc1Br. The van der Waals surface area contributed by atoms with Gasteiger partial charge in [-0.05, 0) is 30.7 Å². The van der Waals surface area contributed by atoms with Crippen LogP contribution in [0.15, 0.2) is 22.7 Å². The maximum absolute atomic E-state index is 10.9. The van der Waals surface area contributed by atoms with E-state index < -0.39 is 9.05 Å². The standard InChI is InChI=1S/C11H14BrClO3S/c1-8(7-17(13,14)15)6-16-10-3-4-11(12)9(2)5-10/h3-5,8H,6-7H2,1-2H3. The Balaban J connectivity index is 2.53. The zero-order valence-corrected chi connectivity index (χ0v) is 12.8. The lowest BCUT2D eigenvalue weighted by atomic mass is 10.2. The number of hydrogen-bond donors (Lipinski definition) is 0. The predicted octanol–water partition coefficient (Wildman–Crippen LogP) is 3.34. The van der Waals surface area contributed by atoms with Gasteiger partial charge in [0.05, 0.1) is 12.4 Å². The topological polar surface area (TPSA) is 43.4 Å². The Morgan fingerprint density at radius 3 is 2.65 bits per heavy atom. The molecule has 1 unspecified atom stereocenters. The van der Waals surface area contributed by atoms with Crippen molar-refractivity contribution >= 4 is 35.7 Å². The maximum Gasteiger partial charge on any atom is 0.232 e. The van der Waals surface area contributed by atoms with Crippen molar-refractivity contribution in [1.29, 1.82) is 0 Å². The van der Waals surface area contributed by atoms with Crippen LogP contribution < -0.4 is 4.74 Å². The highest BCUT2D eigenvalue weighted by Crippen LogP contribution is 2.22. The Morgan fingerprint density at radius 1 is 1.47 bits per heavy atom. The van der Waals surface area contributed by atoms with Crippen LogP contribution in [-0.2, 0) is 9.05 Å². The predicted molar refractivity (Wildman–Crippen MR) is 73.2 cm³/mol. The minimum Gasteiger partial charge on any atom is -0.493 e. The Hall–Kier alpha value is -0.260. The van der Waals surface area contributed by atoms with E-state index in [4.69, 9.17) is 15.4 Å². The molecule has 0 fully saturated rings. The van der Waals surface area contributed by atoms with E-state index in [-0.39, 0.29) is 11.7 Å². The third-order valence-corrected chi connectivity index (χ3v) is 4.38. The first kappa shape index (κ1) is 14.8. The zero-order chi connectivity index (χ0) is 13.1. The van der Waals surface area contributed by atoms with Crippen molar-refractivity contribution in [3.05, 3.63) is 28.2 Å². The first-order chi connectivity index (χ1) is 7.78. The second-order valence-corrected chi connectivity index (χ2v) is 7.71. The molecule has 17 heavy (non-hydrogen) atoms. The number of aryl methyl sites for hydroxylation is 1. The van der Waals surface area contributed by atoms with Crippen LogP contribution in [0.1, 0.15) is 12.5 Å². The molecule has 0 saturated carbocycles. The van der Waals surface area contributed by atoms with Gasteiger partial charge < -0.3 is 4.74 Å². The average molecular weight is 342 g/mol. The van der Waals surface area contributed by atoms with Crippen LogP contribution in [0.2, 0.25) is 0 Å². The highest BCUT2D eigenvalue weighted by molar-refractivity contribution is 9.10. The molecule has 0 radical (unpaired) electrons. The monoisotopic (exact) mass is 340 g/mol. The Labute approximate surface area is 115 Å². The van der Waals surface area contributed by atoms with Crippen LogP contribution in [0.3, 0.4) is 0 Å². The van der Waals surface area contributed by atoms with Crippen LogP contribution >= 0.6 is 26.6 Å². The summed E-state index contributed by atoms with van der Waals surface area (Å²) in [6.07, 6.45) is 0. The zero-order valence-electron chi connectivity index (χ0n) is 9.61. The van der Waals surface area contributed by atoms with Crippen LogP contribution in [0.4, 0.5) is 0 Å². The molecular weight excluding hydrogens is 328 g/mol. The van der Waals surface area contributed by atoms with Gasteiger partial charge in [-0.2, -0.15) is 0 Å². The molecule has 6 heteroatoms. The van der Waals surface area contributed by atoms with Crippen LogP contribution in [0.5, 0.6) is 5.75 Å². The summed E-state index contributed by atoms with van der Waals surface area (Å²) in [5, 5.41) is 0. The van der Waals surface area contributed by atoms with Gasteiger partial charge in [0.15, 0.2) is 0 Å². The molecule has 0 bridgehead atoms. The molecule has 0 aliphatic carbocycles. The lowest BCUT2D eigenvalue weighted by Crippen LogP contribution is -2.16. The highest BCUT2D eigenvalue weighted by atomic mass is 79.9. The molecule has 1 aromatic rings. The summed E-state index contributed by atoms with van der Waals surface area (Å²) in [6, 6.07) is 5.62. The summed E-state index contributed by atoms with van der Waals surface area (Å²) in [6.45, 7) is 4.07. The molecule has 0 aromatic heterocycles. The normalized spacial score (nSPS) is 13.4. The number of ether oxygens (including phenoxy) is 1. The van der Waals surface area contributed by atoms with Crippen molar-refractivity contribution in [2.24, 2.45) is 5.92 Å². The first-order valence-electron chi connectivity index (χ1n) is 5.09. The van der Waals surface area contributed by atoms with Gasteiger partial charge in [0.2, 0.25) is 9.05 Å². The van der Waals surface area contributed by atoms with Crippen LogP contribution in [0, 0.1) is 12.8 Å². The van der Waals surface area contributed by atoms with Crippen molar-refractivity contribution in [3.8, 4) is 5.75 Å². The Kier molecular flexibility index (Phi) is 5.28. The van der Waals surface area contributed by atoms with E-state index in [0.29, 0.717) is 6.61 Å². The summed E-state index contributed by atoms with van der Waals surface area (Å²) in [5.41, 5.74) is 1.07. The molecule has 1 rings (SSSR count). The van der Waals surface area contributed by atoms with Gasteiger partial charge in [-0.15, -0.1) is 0 Å². The number of halogens is 2. The van der Waals surface area contributed by atoms with E-state index in [1.807, 2.05) is 25.1 Å². The largest absolute Gasteiger partial charge is 0.493 e. The average Bonchev–Trinajstić information content (AvgIpc) is 2.17. The summed E-state index contributed by atoms with van der Waals surface area (Å²) in [4.78, 5) is 0. The van der Waals surface area contributed by atoms with Gasteiger partial charge in [0.1, 0.15) is 5.75 Å². The summed E-state index contributed by atoms with van der Waals surface area (Å²) in [5.74, 6) is 0.510. The highest BCUT2D eigenvalue weighted by Gasteiger charge is 2.13. The fourth-order valence-corrected chi connectivity index (χ4v) is 3.00. The summed E-state index contributed by atoms with van der Waals surface area (Å²) < 4.78 is 28.2. The van der Waals surface area contributed by atoms with E-state index >= 15 is 0 Å². The van der Waals surface area contributed by atoms with Crippen LogP contribution in [0.25, 0.3) is 0 Å². The Bertz CT molecular complexity index is 487.